The normalized spacial score (nSPS) is 56.0. The summed E-state index contributed by atoms with van der Waals surface area (Å²) in [6.07, 6.45) is 5.76. The molecule has 4 rings (SSSR count). The van der Waals surface area contributed by atoms with Gasteiger partial charge in [-0.25, -0.2) is 0 Å². The average molecular weight is 321 g/mol. The predicted octanol–water partition coefficient (Wildman–Crippen LogP) is 2.18. The molecule has 0 aromatic carbocycles. The summed E-state index contributed by atoms with van der Waals surface area (Å²) in [6.45, 7) is 4.51. The van der Waals surface area contributed by atoms with Crippen LogP contribution >= 0.6 is 0 Å². The van der Waals surface area contributed by atoms with Crippen molar-refractivity contribution >= 4 is 5.91 Å². The van der Waals surface area contributed by atoms with Crippen LogP contribution in [0.25, 0.3) is 0 Å². The lowest BCUT2D eigenvalue weighted by atomic mass is 9.46. The second-order valence-electron chi connectivity index (χ2n) is 9.27. The van der Waals surface area contributed by atoms with Crippen LogP contribution in [0.1, 0.15) is 58.8 Å². The first-order chi connectivity index (χ1) is 10.8. The topological polar surface area (TPSA) is 60.8 Å². The van der Waals surface area contributed by atoms with Crippen LogP contribution in [0.2, 0.25) is 0 Å². The van der Waals surface area contributed by atoms with Gasteiger partial charge in [-0.3, -0.25) is 4.79 Å². The van der Waals surface area contributed by atoms with Gasteiger partial charge in [0.15, 0.2) is 0 Å². The third kappa shape index (κ3) is 1.94. The molecule has 0 aromatic rings. The lowest BCUT2D eigenvalue weighted by Crippen LogP contribution is -2.64. The Morgan fingerprint density at radius 2 is 1.83 bits per heavy atom. The van der Waals surface area contributed by atoms with Gasteiger partial charge in [0.25, 0.3) is 0 Å². The molecule has 3 saturated carbocycles. The maximum Gasteiger partial charge on any atom is 0.222 e. The Bertz CT molecular complexity index is 523. The van der Waals surface area contributed by atoms with Gasteiger partial charge in [-0.05, 0) is 67.1 Å². The minimum atomic E-state index is -0.344. The highest BCUT2D eigenvalue weighted by Gasteiger charge is 2.63. The zero-order valence-corrected chi connectivity index (χ0v) is 14.7. The largest absolute Gasteiger partial charge is 0.393 e. The Kier molecular flexibility index (Phi) is 3.42. The molecule has 3 aliphatic carbocycles. The van der Waals surface area contributed by atoms with Crippen molar-refractivity contribution in [2.75, 3.05) is 7.05 Å². The molecule has 4 fully saturated rings. The van der Waals surface area contributed by atoms with Crippen LogP contribution in [0, 0.1) is 28.6 Å². The number of likely N-dealkylation sites (tertiary alicyclic amines) is 1. The molecule has 0 aromatic heterocycles. The zero-order valence-electron chi connectivity index (χ0n) is 14.7. The number of hydrogen-bond donors (Lipinski definition) is 2. The van der Waals surface area contributed by atoms with Gasteiger partial charge < -0.3 is 15.1 Å². The first-order valence-electron chi connectivity index (χ1n) is 9.41. The minimum Gasteiger partial charge on any atom is -0.393 e. The van der Waals surface area contributed by atoms with E-state index in [0.29, 0.717) is 18.3 Å². The first-order valence-corrected chi connectivity index (χ1v) is 9.41. The van der Waals surface area contributed by atoms with Crippen molar-refractivity contribution in [3.63, 3.8) is 0 Å². The molecule has 1 heterocycles. The van der Waals surface area contributed by atoms with E-state index in [0.717, 1.165) is 38.5 Å². The van der Waals surface area contributed by atoms with Crippen molar-refractivity contribution in [3.05, 3.63) is 0 Å². The lowest BCUT2D eigenvalue weighted by molar-refractivity contribution is -0.186. The Morgan fingerprint density at radius 3 is 2.57 bits per heavy atom. The second kappa shape index (κ2) is 4.95. The highest BCUT2D eigenvalue weighted by Crippen LogP contribution is 2.64. The highest BCUT2D eigenvalue weighted by molar-refractivity contribution is 5.77. The van der Waals surface area contributed by atoms with E-state index >= 15 is 0 Å². The fourth-order valence-electron chi connectivity index (χ4n) is 7.25. The van der Waals surface area contributed by atoms with Crippen LogP contribution in [0.15, 0.2) is 0 Å². The highest BCUT2D eigenvalue weighted by atomic mass is 16.3. The third-order valence-electron chi connectivity index (χ3n) is 8.44. The maximum atomic E-state index is 12.1. The number of amides is 1. The van der Waals surface area contributed by atoms with E-state index in [1.54, 1.807) is 0 Å². The summed E-state index contributed by atoms with van der Waals surface area (Å²) in [7, 11) is 1.95. The van der Waals surface area contributed by atoms with Crippen molar-refractivity contribution in [2.45, 2.75) is 77.0 Å². The van der Waals surface area contributed by atoms with Gasteiger partial charge in [0.05, 0.1) is 12.2 Å². The number of carbonyl (C=O) groups excluding carboxylic acids is 1. The number of aliphatic hydroxyl groups is 2. The molecule has 1 aliphatic heterocycles. The number of aliphatic hydroxyl groups excluding tert-OH is 2. The molecular formula is C19H31NO3. The van der Waals surface area contributed by atoms with Gasteiger partial charge in [-0.2, -0.15) is 0 Å². The van der Waals surface area contributed by atoms with E-state index in [9.17, 15) is 15.0 Å². The molecule has 130 valence electrons. The van der Waals surface area contributed by atoms with Crippen LogP contribution in [-0.4, -0.2) is 46.3 Å². The summed E-state index contributed by atoms with van der Waals surface area (Å²) in [5.41, 5.74) is -0.0833. The van der Waals surface area contributed by atoms with Gasteiger partial charge in [-0.15, -0.1) is 0 Å². The molecule has 4 heteroatoms. The summed E-state index contributed by atoms with van der Waals surface area (Å²) in [5.74, 6) is 1.58. The van der Waals surface area contributed by atoms with Gasteiger partial charge >= 0.3 is 0 Å². The predicted molar refractivity (Wildman–Crippen MR) is 87.6 cm³/mol. The molecule has 1 amide bonds. The molecule has 0 spiro atoms. The van der Waals surface area contributed by atoms with Crippen molar-refractivity contribution in [1.82, 2.24) is 4.90 Å². The molecule has 4 aliphatic rings. The summed E-state index contributed by atoms with van der Waals surface area (Å²) >= 11 is 0. The molecule has 8 atom stereocenters. The number of piperidine rings is 1. The van der Waals surface area contributed by atoms with E-state index in [1.165, 1.54) is 0 Å². The summed E-state index contributed by atoms with van der Waals surface area (Å²) < 4.78 is 0. The molecule has 0 radical (unpaired) electrons. The van der Waals surface area contributed by atoms with E-state index in [1.807, 2.05) is 11.9 Å². The summed E-state index contributed by atoms with van der Waals surface area (Å²) in [6, 6.07) is 0.273. The molecule has 2 N–H and O–H groups in total. The van der Waals surface area contributed by atoms with Gasteiger partial charge in [0, 0.05) is 19.5 Å². The van der Waals surface area contributed by atoms with Crippen LogP contribution in [-0.2, 0) is 4.79 Å². The molecule has 4 nitrogen and oxygen atoms in total. The van der Waals surface area contributed by atoms with Crippen LogP contribution < -0.4 is 0 Å². The Morgan fingerprint density at radius 1 is 1.09 bits per heavy atom. The molecule has 0 bridgehead atoms. The standard InChI is InChI=1S/C19H31NO3/c1-18-9-8-16(23)20(3)14(18)6-4-11-12-5-7-15(22)19(12,2)10-13(21)17(11)18/h11-15,17,21-22H,4-10H2,1-3H3/t11?,12?,13-,14?,15?,17?,18-,19-/m0/s1. The van der Waals surface area contributed by atoms with Crippen molar-refractivity contribution in [2.24, 2.45) is 28.6 Å². The molecule has 23 heavy (non-hydrogen) atoms. The third-order valence-corrected chi connectivity index (χ3v) is 8.44. The van der Waals surface area contributed by atoms with Crippen LogP contribution in [0.5, 0.6) is 0 Å². The Hall–Kier alpha value is -0.610. The molecule has 5 unspecified atom stereocenters. The average Bonchev–Trinajstić information content (AvgIpc) is 2.78. The first kappa shape index (κ1) is 15.9. The van der Waals surface area contributed by atoms with Crippen molar-refractivity contribution < 1.29 is 15.0 Å². The van der Waals surface area contributed by atoms with E-state index in [2.05, 4.69) is 13.8 Å². The Labute approximate surface area is 139 Å². The van der Waals surface area contributed by atoms with Crippen molar-refractivity contribution in [3.8, 4) is 0 Å². The smallest absolute Gasteiger partial charge is 0.222 e. The molecular weight excluding hydrogens is 290 g/mol. The van der Waals surface area contributed by atoms with Gasteiger partial charge in [0.1, 0.15) is 0 Å². The quantitative estimate of drug-likeness (QED) is 0.719. The number of nitrogens with zero attached hydrogens (tertiary/aromatic N) is 1. The molecule has 1 saturated heterocycles. The fraction of sp³-hybridized carbons (Fsp3) is 0.947. The van der Waals surface area contributed by atoms with Crippen LogP contribution in [0.3, 0.4) is 0 Å². The van der Waals surface area contributed by atoms with E-state index < -0.39 is 0 Å². The maximum absolute atomic E-state index is 12.1. The fourth-order valence-corrected chi connectivity index (χ4v) is 7.25. The summed E-state index contributed by atoms with van der Waals surface area (Å²) in [5, 5.41) is 21.6. The van der Waals surface area contributed by atoms with Crippen LogP contribution in [0.4, 0.5) is 0 Å². The number of fused-ring (bicyclic) bond motifs is 5. The van der Waals surface area contributed by atoms with Gasteiger partial charge in [-0.1, -0.05) is 13.8 Å². The zero-order chi connectivity index (χ0) is 16.6. The number of rotatable bonds is 0. The number of carbonyl (C=O) groups is 1. The second-order valence-corrected chi connectivity index (χ2v) is 9.27. The van der Waals surface area contributed by atoms with Crippen molar-refractivity contribution in [1.29, 1.82) is 0 Å². The SMILES string of the molecule is CN1C(=O)CC[C@]2(C)C3C(CCC12)C1CCC(O)[C@@]1(C)C[C@@H]3O. The monoisotopic (exact) mass is 321 g/mol. The Balaban J connectivity index is 1.70. The van der Waals surface area contributed by atoms with E-state index in [-0.39, 0.29) is 40.9 Å². The minimum absolute atomic E-state index is 0.0276. The number of hydrogen-bond acceptors (Lipinski definition) is 3. The van der Waals surface area contributed by atoms with E-state index in [4.69, 9.17) is 0 Å². The lowest BCUT2D eigenvalue weighted by Gasteiger charge is -2.62. The summed E-state index contributed by atoms with van der Waals surface area (Å²) in [4.78, 5) is 14.1. The van der Waals surface area contributed by atoms with Gasteiger partial charge in [0.2, 0.25) is 5.91 Å².